The number of hydrogen-bond donors (Lipinski definition) is 2. The highest BCUT2D eigenvalue weighted by Gasteiger charge is 2.40. The van der Waals surface area contributed by atoms with Crippen molar-refractivity contribution >= 4 is 17.5 Å². The maximum Gasteiger partial charge on any atom is 0.270 e. The lowest BCUT2D eigenvalue weighted by Gasteiger charge is -2.30. The largest absolute Gasteiger partial charge is 0.364 e. The summed E-state index contributed by atoms with van der Waals surface area (Å²) in [7, 11) is 1.18. The molecule has 0 saturated carbocycles. The van der Waals surface area contributed by atoms with E-state index in [2.05, 4.69) is 0 Å². The maximum atomic E-state index is 13.3. The molecule has 1 atom stereocenters. The predicted molar refractivity (Wildman–Crippen MR) is 67.3 cm³/mol. The number of carbonyl (C=O) groups is 1. The summed E-state index contributed by atoms with van der Waals surface area (Å²) in [5, 5.41) is 0. The Labute approximate surface area is 119 Å². The van der Waals surface area contributed by atoms with E-state index in [9.17, 15) is 18.0 Å². The van der Waals surface area contributed by atoms with E-state index in [-0.39, 0.29) is 17.9 Å². The normalized spacial score (nSPS) is 13.9. The number of amides is 1. The van der Waals surface area contributed by atoms with Gasteiger partial charge < -0.3 is 4.74 Å². The number of hydrogen-bond acceptors (Lipinski definition) is 3. The average Bonchev–Trinajstić information content (AvgIpc) is 2.45. The molecule has 0 saturated heterocycles. The molecule has 0 fully saturated rings. The van der Waals surface area contributed by atoms with Crippen molar-refractivity contribution in [3.05, 3.63) is 35.1 Å². The van der Waals surface area contributed by atoms with E-state index in [1.807, 2.05) is 5.43 Å². The minimum Gasteiger partial charge on any atom is -0.364 e. The lowest BCUT2D eigenvalue weighted by molar-refractivity contribution is -0.146. The van der Waals surface area contributed by atoms with Crippen molar-refractivity contribution in [2.45, 2.75) is 18.4 Å². The summed E-state index contributed by atoms with van der Waals surface area (Å²) >= 11 is 5.56. The minimum absolute atomic E-state index is 0.0283. The molecule has 0 spiro atoms. The lowest BCUT2D eigenvalue weighted by atomic mass is 9.88. The molecular formula is C12H14ClF3N2O2. The van der Waals surface area contributed by atoms with Gasteiger partial charge in [0, 0.05) is 13.0 Å². The third kappa shape index (κ3) is 3.05. The molecular weight excluding hydrogens is 297 g/mol. The topological polar surface area (TPSA) is 64.3 Å². The summed E-state index contributed by atoms with van der Waals surface area (Å²) in [6.07, 6.45) is 0.351. The van der Waals surface area contributed by atoms with Crippen LogP contribution in [0.1, 0.15) is 18.4 Å². The zero-order valence-corrected chi connectivity index (χ0v) is 11.4. The molecule has 0 radical (unpaired) electrons. The van der Waals surface area contributed by atoms with Crippen LogP contribution in [0, 0.1) is 17.5 Å². The van der Waals surface area contributed by atoms with Gasteiger partial charge in [-0.1, -0.05) is 0 Å². The Bertz CT molecular complexity index is 479. The van der Waals surface area contributed by atoms with Gasteiger partial charge in [0.25, 0.3) is 5.91 Å². The summed E-state index contributed by atoms with van der Waals surface area (Å²) in [4.78, 5) is 11.9. The van der Waals surface area contributed by atoms with Crippen molar-refractivity contribution in [1.29, 1.82) is 0 Å². The average molecular weight is 311 g/mol. The number of halogens is 4. The minimum atomic E-state index is -1.74. The lowest BCUT2D eigenvalue weighted by Crippen LogP contribution is -2.48. The second-order valence-electron chi connectivity index (χ2n) is 4.05. The summed E-state index contributed by atoms with van der Waals surface area (Å²) < 4.78 is 44.8. The monoisotopic (exact) mass is 310 g/mol. The highest BCUT2D eigenvalue weighted by atomic mass is 35.5. The van der Waals surface area contributed by atoms with E-state index in [4.69, 9.17) is 22.2 Å². The standard InChI is InChI=1S/C12H14ClF3N2O2/c1-20-12(3-2-4-13,11(19)18-17)7-5-8(14)10(16)9(15)6-7/h5-6H,2-4,17H2,1H3,(H,18,19). The van der Waals surface area contributed by atoms with E-state index < -0.39 is 29.0 Å². The Morgan fingerprint density at radius 1 is 1.40 bits per heavy atom. The number of nitrogens with two attached hydrogens (primary N) is 1. The van der Waals surface area contributed by atoms with Gasteiger partial charge in [-0.3, -0.25) is 10.2 Å². The highest BCUT2D eigenvalue weighted by Crippen LogP contribution is 2.32. The van der Waals surface area contributed by atoms with Gasteiger partial charge in [-0.05, 0) is 30.5 Å². The number of hydrazine groups is 1. The molecule has 1 aromatic carbocycles. The molecule has 1 aromatic rings. The molecule has 4 nitrogen and oxygen atoms in total. The molecule has 1 amide bonds. The van der Waals surface area contributed by atoms with Crippen molar-refractivity contribution in [3.63, 3.8) is 0 Å². The third-order valence-corrected chi connectivity index (χ3v) is 3.23. The first kappa shape index (κ1) is 16.7. The molecule has 1 unspecified atom stereocenters. The van der Waals surface area contributed by atoms with Crippen LogP contribution < -0.4 is 11.3 Å². The van der Waals surface area contributed by atoms with Gasteiger partial charge in [0.15, 0.2) is 23.1 Å². The summed E-state index contributed by atoms with van der Waals surface area (Å²) in [6.45, 7) is 0. The second kappa shape index (κ2) is 6.92. The van der Waals surface area contributed by atoms with Crippen LogP contribution >= 0.6 is 11.6 Å². The summed E-state index contributed by atoms with van der Waals surface area (Å²) in [6, 6.07) is 1.40. The van der Waals surface area contributed by atoms with E-state index >= 15 is 0 Å². The van der Waals surface area contributed by atoms with Gasteiger partial charge in [0.2, 0.25) is 0 Å². The van der Waals surface area contributed by atoms with Gasteiger partial charge in [-0.15, -0.1) is 11.6 Å². The van der Waals surface area contributed by atoms with Gasteiger partial charge in [-0.25, -0.2) is 19.0 Å². The Hall–Kier alpha value is -1.31. The van der Waals surface area contributed by atoms with Crippen LogP contribution in [0.3, 0.4) is 0 Å². The first-order chi connectivity index (χ1) is 9.42. The van der Waals surface area contributed by atoms with E-state index in [0.29, 0.717) is 18.6 Å². The number of benzene rings is 1. The fraction of sp³-hybridized carbons (Fsp3) is 0.417. The molecule has 0 aromatic heterocycles. The Kier molecular flexibility index (Phi) is 5.79. The van der Waals surface area contributed by atoms with Crippen LogP contribution in [0.4, 0.5) is 13.2 Å². The Balaban J connectivity index is 3.39. The maximum absolute atomic E-state index is 13.3. The molecule has 8 heteroatoms. The van der Waals surface area contributed by atoms with Crippen LogP contribution in [-0.2, 0) is 15.1 Å². The van der Waals surface area contributed by atoms with Gasteiger partial charge in [-0.2, -0.15) is 0 Å². The first-order valence-electron chi connectivity index (χ1n) is 5.70. The fourth-order valence-corrected chi connectivity index (χ4v) is 2.06. The number of alkyl halides is 1. The highest BCUT2D eigenvalue weighted by molar-refractivity contribution is 6.17. The SMILES string of the molecule is COC(CCCCl)(C(=O)NN)c1cc(F)c(F)c(F)c1. The van der Waals surface area contributed by atoms with Crippen LogP contribution in [0.5, 0.6) is 0 Å². The fourth-order valence-electron chi connectivity index (χ4n) is 1.92. The van der Waals surface area contributed by atoms with Gasteiger partial charge in [0.05, 0.1) is 0 Å². The molecule has 0 aliphatic rings. The van der Waals surface area contributed by atoms with Crippen LogP contribution in [0.2, 0.25) is 0 Å². The van der Waals surface area contributed by atoms with Crippen LogP contribution in [0.15, 0.2) is 12.1 Å². The van der Waals surface area contributed by atoms with Crippen molar-refractivity contribution in [2.75, 3.05) is 13.0 Å². The molecule has 0 bridgehead atoms. The Morgan fingerprint density at radius 2 is 1.95 bits per heavy atom. The van der Waals surface area contributed by atoms with Crippen molar-refractivity contribution in [3.8, 4) is 0 Å². The molecule has 112 valence electrons. The van der Waals surface area contributed by atoms with E-state index in [0.717, 1.165) is 0 Å². The second-order valence-corrected chi connectivity index (χ2v) is 4.43. The number of ether oxygens (including phenoxy) is 1. The third-order valence-electron chi connectivity index (χ3n) is 2.96. The summed E-state index contributed by atoms with van der Waals surface area (Å²) in [5.41, 5.74) is -0.0414. The van der Waals surface area contributed by atoms with Crippen molar-refractivity contribution < 1.29 is 22.7 Å². The van der Waals surface area contributed by atoms with Gasteiger partial charge in [0.1, 0.15) is 0 Å². The smallest absolute Gasteiger partial charge is 0.270 e. The van der Waals surface area contributed by atoms with Crippen LogP contribution in [0.25, 0.3) is 0 Å². The molecule has 1 rings (SSSR count). The summed E-state index contributed by atoms with van der Waals surface area (Å²) in [5.74, 6) is 0.00874. The quantitative estimate of drug-likeness (QED) is 0.277. The first-order valence-corrected chi connectivity index (χ1v) is 6.23. The number of carbonyl (C=O) groups excluding carboxylic acids is 1. The van der Waals surface area contributed by atoms with Crippen molar-refractivity contribution in [1.82, 2.24) is 5.43 Å². The van der Waals surface area contributed by atoms with Crippen LogP contribution in [-0.4, -0.2) is 18.9 Å². The molecule has 3 N–H and O–H groups in total. The predicted octanol–water partition coefficient (Wildman–Crippen LogP) is 1.95. The van der Waals surface area contributed by atoms with E-state index in [1.54, 1.807) is 0 Å². The molecule has 0 heterocycles. The van der Waals surface area contributed by atoms with E-state index in [1.165, 1.54) is 7.11 Å². The number of nitrogens with one attached hydrogen (secondary N) is 1. The molecule has 20 heavy (non-hydrogen) atoms. The zero-order valence-electron chi connectivity index (χ0n) is 10.7. The molecule has 0 aliphatic carbocycles. The Morgan fingerprint density at radius 3 is 2.35 bits per heavy atom. The van der Waals surface area contributed by atoms with Crippen molar-refractivity contribution in [2.24, 2.45) is 5.84 Å². The van der Waals surface area contributed by atoms with Gasteiger partial charge >= 0.3 is 0 Å². The number of rotatable bonds is 6. The number of methoxy groups -OCH3 is 1. The zero-order chi connectivity index (χ0) is 15.3. The molecule has 0 aliphatic heterocycles.